The minimum Gasteiger partial charge on any atom is -0.312 e. The fourth-order valence-electron chi connectivity index (χ4n) is 2.87. The first kappa shape index (κ1) is 15.4. The summed E-state index contributed by atoms with van der Waals surface area (Å²) in [6.07, 6.45) is 7.92. The van der Waals surface area contributed by atoms with Crippen LogP contribution in [0.25, 0.3) is 0 Å². The summed E-state index contributed by atoms with van der Waals surface area (Å²) in [4.78, 5) is 4.02. The molecule has 1 N–H and O–H groups in total. The molecule has 1 aliphatic rings. The zero-order valence-electron chi connectivity index (χ0n) is 12.1. The van der Waals surface area contributed by atoms with E-state index in [9.17, 15) is 8.42 Å². The molecule has 1 saturated heterocycles. The van der Waals surface area contributed by atoms with Gasteiger partial charge in [0.25, 0.3) is 0 Å². The molecular weight excluding hydrogens is 272 g/mol. The molecule has 0 bridgehead atoms. The van der Waals surface area contributed by atoms with Gasteiger partial charge >= 0.3 is 0 Å². The Morgan fingerprint density at radius 1 is 1.35 bits per heavy atom. The number of sulfone groups is 1. The molecule has 0 aromatic carbocycles. The lowest BCUT2D eigenvalue weighted by Gasteiger charge is -2.31. The van der Waals surface area contributed by atoms with E-state index in [4.69, 9.17) is 0 Å². The highest BCUT2D eigenvalue weighted by Crippen LogP contribution is 2.24. The zero-order valence-corrected chi connectivity index (χ0v) is 12.9. The van der Waals surface area contributed by atoms with E-state index < -0.39 is 9.84 Å². The van der Waals surface area contributed by atoms with Crippen LogP contribution in [0.4, 0.5) is 0 Å². The maximum Gasteiger partial charge on any atom is 0.154 e. The van der Waals surface area contributed by atoms with Crippen LogP contribution in [0.1, 0.15) is 38.2 Å². The SMILES string of the molecule is CCCNC(Cc1ccncc1)C1CCCCS1(=O)=O. The molecule has 0 radical (unpaired) electrons. The van der Waals surface area contributed by atoms with Gasteiger partial charge in [-0.05, 0) is 49.9 Å². The minimum absolute atomic E-state index is 0.0163. The highest BCUT2D eigenvalue weighted by molar-refractivity contribution is 7.92. The second-order valence-electron chi connectivity index (χ2n) is 5.52. The molecule has 4 nitrogen and oxygen atoms in total. The molecule has 5 heteroatoms. The Morgan fingerprint density at radius 3 is 2.75 bits per heavy atom. The van der Waals surface area contributed by atoms with Crippen molar-refractivity contribution in [3.05, 3.63) is 30.1 Å². The molecule has 2 rings (SSSR count). The number of hydrogen-bond donors (Lipinski definition) is 1. The molecule has 2 unspecified atom stereocenters. The van der Waals surface area contributed by atoms with Gasteiger partial charge in [0.1, 0.15) is 0 Å². The molecule has 2 heterocycles. The van der Waals surface area contributed by atoms with Crippen LogP contribution in [-0.2, 0) is 16.3 Å². The topological polar surface area (TPSA) is 59.1 Å². The number of nitrogens with one attached hydrogen (secondary N) is 1. The number of hydrogen-bond acceptors (Lipinski definition) is 4. The van der Waals surface area contributed by atoms with Gasteiger partial charge in [-0.3, -0.25) is 4.98 Å². The van der Waals surface area contributed by atoms with E-state index in [0.29, 0.717) is 5.75 Å². The van der Waals surface area contributed by atoms with Gasteiger partial charge in [-0.1, -0.05) is 13.3 Å². The molecule has 20 heavy (non-hydrogen) atoms. The summed E-state index contributed by atoms with van der Waals surface area (Å²) in [7, 11) is -2.95. The van der Waals surface area contributed by atoms with Gasteiger partial charge in [-0.15, -0.1) is 0 Å². The first-order valence-corrected chi connectivity index (χ1v) is 9.19. The normalized spacial score (nSPS) is 23.4. The van der Waals surface area contributed by atoms with E-state index in [0.717, 1.165) is 44.2 Å². The Morgan fingerprint density at radius 2 is 2.10 bits per heavy atom. The third-order valence-electron chi connectivity index (χ3n) is 3.94. The number of aromatic nitrogens is 1. The largest absolute Gasteiger partial charge is 0.312 e. The van der Waals surface area contributed by atoms with Crippen molar-refractivity contribution in [2.45, 2.75) is 50.3 Å². The molecule has 1 aromatic rings. The van der Waals surface area contributed by atoms with E-state index >= 15 is 0 Å². The predicted octanol–water partition coefficient (Wildman–Crippen LogP) is 1.96. The fraction of sp³-hybridized carbons (Fsp3) is 0.667. The van der Waals surface area contributed by atoms with Crippen LogP contribution in [0.15, 0.2) is 24.5 Å². The lowest BCUT2D eigenvalue weighted by molar-refractivity contribution is 0.433. The van der Waals surface area contributed by atoms with E-state index in [1.807, 2.05) is 12.1 Å². The van der Waals surface area contributed by atoms with Gasteiger partial charge in [-0.2, -0.15) is 0 Å². The maximum absolute atomic E-state index is 12.3. The average molecular weight is 296 g/mol. The van der Waals surface area contributed by atoms with Crippen LogP contribution in [-0.4, -0.2) is 37.0 Å². The molecule has 0 amide bonds. The molecule has 2 atom stereocenters. The standard InChI is InChI=1S/C15H24N2O2S/c1-2-8-17-14(12-13-6-9-16-10-7-13)15-5-3-4-11-20(15,18)19/h6-7,9-10,14-15,17H,2-5,8,11-12H2,1H3. The van der Waals surface area contributed by atoms with Gasteiger partial charge in [0.05, 0.1) is 11.0 Å². The Kier molecular flexibility index (Phi) is 5.54. The van der Waals surface area contributed by atoms with Crippen molar-refractivity contribution in [1.29, 1.82) is 0 Å². The maximum atomic E-state index is 12.3. The Labute approximate surface area is 121 Å². The summed E-state index contributed by atoms with van der Waals surface area (Å²) >= 11 is 0. The number of rotatable bonds is 6. The molecule has 0 saturated carbocycles. The Bertz CT molecular complexity index is 502. The van der Waals surface area contributed by atoms with Crippen molar-refractivity contribution >= 4 is 9.84 Å². The molecule has 0 spiro atoms. The van der Waals surface area contributed by atoms with Crippen LogP contribution >= 0.6 is 0 Å². The second kappa shape index (κ2) is 7.18. The Hall–Kier alpha value is -0.940. The molecule has 1 aromatic heterocycles. The third-order valence-corrected chi connectivity index (χ3v) is 6.28. The van der Waals surface area contributed by atoms with Crippen molar-refractivity contribution in [2.24, 2.45) is 0 Å². The highest BCUT2D eigenvalue weighted by atomic mass is 32.2. The lowest BCUT2D eigenvalue weighted by Crippen LogP contribution is -2.48. The van der Waals surface area contributed by atoms with Gasteiger partial charge in [0.15, 0.2) is 9.84 Å². The summed E-state index contributed by atoms with van der Waals surface area (Å²) in [6.45, 7) is 2.97. The van der Waals surface area contributed by atoms with E-state index in [1.165, 1.54) is 0 Å². The van der Waals surface area contributed by atoms with E-state index in [2.05, 4.69) is 17.2 Å². The summed E-state index contributed by atoms with van der Waals surface area (Å²) in [5.41, 5.74) is 1.15. The summed E-state index contributed by atoms with van der Waals surface area (Å²) in [6, 6.07) is 3.95. The quantitative estimate of drug-likeness (QED) is 0.872. The van der Waals surface area contributed by atoms with Crippen molar-refractivity contribution in [3.8, 4) is 0 Å². The van der Waals surface area contributed by atoms with Crippen molar-refractivity contribution in [3.63, 3.8) is 0 Å². The summed E-state index contributed by atoms with van der Waals surface area (Å²) < 4.78 is 24.6. The van der Waals surface area contributed by atoms with Crippen molar-refractivity contribution in [1.82, 2.24) is 10.3 Å². The smallest absolute Gasteiger partial charge is 0.154 e. The van der Waals surface area contributed by atoms with Gasteiger partial charge < -0.3 is 5.32 Å². The highest BCUT2D eigenvalue weighted by Gasteiger charge is 2.35. The zero-order chi connectivity index (χ0) is 14.4. The Balaban J connectivity index is 2.14. The predicted molar refractivity (Wildman–Crippen MR) is 81.4 cm³/mol. The first-order chi connectivity index (χ1) is 9.63. The molecule has 1 fully saturated rings. The van der Waals surface area contributed by atoms with Crippen molar-refractivity contribution < 1.29 is 8.42 Å². The van der Waals surface area contributed by atoms with Crippen LogP contribution < -0.4 is 5.32 Å². The first-order valence-electron chi connectivity index (χ1n) is 7.47. The third kappa shape index (κ3) is 4.03. The molecule has 112 valence electrons. The molecular formula is C15H24N2O2S. The van der Waals surface area contributed by atoms with Crippen LogP contribution in [0.2, 0.25) is 0 Å². The molecule has 0 aliphatic carbocycles. The number of nitrogens with zero attached hydrogens (tertiary/aromatic N) is 1. The van der Waals surface area contributed by atoms with Crippen molar-refractivity contribution in [2.75, 3.05) is 12.3 Å². The summed E-state index contributed by atoms with van der Waals surface area (Å²) in [5, 5.41) is 3.20. The average Bonchev–Trinajstić information content (AvgIpc) is 2.44. The van der Waals surface area contributed by atoms with Gasteiger partial charge in [0.2, 0.25) is 0 Å². The fourth-order valence-corrected chi connectivity index (χ4v) is 5.00. The lowest BCUT2D eigenvalue weighted by atomic mass is 10.00. The molecule has 1 aliphatic heterocycles. The van der Waals surface area contributed by atoms with E-state index in [-0.39, 0.29) is 11.3 Å². The second-order valence-corrected chi connectivity index (χ2v) is 7.86. The monoisotopic (exact) mass is 296 g/mol. The van der Waals surface area contributed by atoms with Crippen LogP contribution in [0.5, 0.6) is 0 Å². The van der Waals surface area contributed by atoms with Gasteiger partial charge in [0, 0.05) is 18.4 Å². The summed E-state index contributed by atoms with van der Waals surface area (Å²) in [5.74, 6) is 0.346. The van der Waals surface area contributed by atoms with Crippen LogP contribution in [0, 0.1) is 0 Å². The van der Waals surface area contributed by atoms with Gasteiger partial charge in [-0.25, -0.2) is 8.42 Å². The minimum atomic E-state index is -2.95. The number of pyridine rings is 1. The van der Waals surface area contributed by atoms with Crippen LogP contribution in [0.3, 0.4) is 0 Å². The van der Waals surface area contributed by atoms with E-state index in [1.54, 1.807) is 12.4 Å².